The molecule has 1 heterocycles. The number of methoxy groups -OCH3 is 1. The lowest BCUT2D eigenvalue weighted by Gasteiger charge is -2.23. The Labute approximate surface area is 151 Å². The van der Waals surface area contributed by atoms with Gasteiger partial charge in [-0.15, -0.1) is 12.4 Å². The topological polar surface area (TPSA) is 50.8 Å². The van der Waals surface area contributed by atoms with Crippen LogP contribution in [0.2, 0.25) is 0 Å². The molecule has 1 aliphatic rings. The molecule has 0 spiro atoms. The van der Waals surface area contributed by atoms with Crippen LogP contribution in [0.1, 0.15) is 25.7 Å². The molecule has 24 heavy (non-hydrogen) atoms. The largest absolute Gasteiger partial charge is 0.497 e. The van der Waals surface area contributed by atoms with Gasteiger partial charge in [0.1, 0.15) is 18.1 Å². The van der Waals surface area contributed by atoms with Crippen molar-refractivity contribution in [2.75, 3.05) is 40.4 Å². The van der Waals surface area contributed by atoms with Crippen molar-refractivity contribution < 1.29 is 14.3 Å². The minimum atomic E-state index is 0. The lowest BCUT2D eigenvalue weighted by Crippen LogP contribution is -2.32. The van der Waals surface area contributed by atoms with Crippen LogP contribution >= 0.6 is 12.4 Å². The Morgan fingerprint density at radius 3 is 2.46 bits per heavy atom. The van der Waals surface area contributed by atoms with E-state index in [0.29, 0.717) is 25.5 Å². The van der Waals surface area contributed by atoms with Gasteiger partial charge in [-0.1, -0.05) is 0 Å². The van der Waals surface area contributed by atoms with Crippen LogP contribution in [0.4, 0.5) is 0 Å². The number of ether oxygens (including phenoxy) is 2. The Kier molecular flexibility index (Phi) is 9.57. The minimum Gasteiger partial charge on any atom is -0.497 e. The second-order valence-corrected chi connectivity index (χ2v) is 6.07. The SMILES string of the molecule is COc1ccc(OCCN(C)C(=O)CCC2CCNCC2)cc1.Cl. The van der Waals surface area contributed by atoms with Crippen molar-refractivity contribution in [3.63, 3.8) is 0 Å². The zero-order valence-electron chi connectivity index (χ0n) is 14.6. The number of benzene rings is 1. The molecule has 2 rings (SSSR count). The zero-order chi connectivity index (χ0) is 16.5. The number of likely N-dealkylation sites (N-methyl/N-ethyl adjacent to an activating group) is 1. The number of rotatable bonds is 8. The molecule has 0 aromatic heterocycles. The third-order valence-electron chi connectivity index (χ3n) is 4.41. The normalized spacial score (nSPS) is 14.6. The molecule has 5 nitrogen and oxygen atoms in total. The second-order valence-electron chi connectivity index (χ2n) is 6.07. The van der Waals surface area contributed by atoms with Crippen LogP contribution in [-0.2, 0) is 4.79 Å². The molecule has 0 atom stereocenters. The molecule has 1 fully saturated rings. The summed E-state index contributed by atoms with van der Waals surface area (Å²) in [5.74, 6) is 2.51. The zero-order valence-corrected chi connectivity index (χ0v) is 15.4. The molecule has 0 unspecified atom stereocenters. The summed E-state index contributed by atoms with van der Waals surface area (Å²) in [6.07, 6.45) is 4.03. The Morgan fingerprint density at radius 1 is 1.21 bits per heavy atom. The first-order chi connectivity index (χ1) is 11.2. The molecule has 1 aromatic carbocycles. The highest BCUT2D eigenvalue weighted by molar-refractivity contribution is 5.85. The van der Waals surface area contributed by atoms with Gasteiger partial charge in [-0.05, 0) is 62.5 Å². The summed E-state index contributed by atoms with van der Waals surface area (Å²) in [6, 6.07) is 7.47. The Morgan fingerprint density at radius 2 is 1.83 bits per heavy atom. The number of nitrogens with zero attached hydrogens (tertiary/aromatic N) is 1. The van der Waals surface area contributed by atoms with E-state index in [4.69, 9.17) is 9.47 Å². The number of hydrogen-bond donors (Lipinski definition) is 1. The summed E-state index contributed by atoms with van der Waals surface area (Å²) >= 11 is 0. The second kappa shape index (κ2) is 11.2. The Balaban J connectivity index is 0.00000288. The third kappa shape index (κ3) is 6.97. The fourth-order valence-electron chi connectivity index (χ4n) is 2.79. The van der Waals surface area contributed by atoms with Gasteiger partial charge in [0.05, 0.1) is 13.7 Å². The van der Waals surface area contributed by atoms with Crippen molar-refractivity contribution in [1.82, 2.24) is 10.2 Å². The van der Waals surface area contributed by atoms with Gasteiger partial charge in [0.15, 0.2) is 0 Å². The van der Waals surface area contributed by atoms with Crippen molar-refractivity contribution in [3.8, 4) is 11.5 Å². The summed E-state index contributed by atoms with van der Waals surface area (Å²) in [5, 5.41) is 3.36. The number of carbonyl (C=O) groups excluding carboxylic acids is 1. The molecule has 136 valence electrons. The van der Waals surface area contributed by atoms with Gasteiger partial charge in [0.25, 0.3) is 0 Å². The molecule has 1 saturated heterocycles. The van der Waals surface area contributed by atoms with Gasteiger partial charge >= 0.3 is 0 Å². The molecule has 0 bridgehead atoms. The molecule has 1 aromatic rings. The van der Waals surface area contributed by atoms with E-state index < -0.39 is 0 Å². The summed E-state index contributed by atoms with van der Waals surface area (Å²) in [4.78, 5) is 13.9. The predicted octanol–water partition coefficient (Wildman–Crippen LogP) is 2.73. The van der Waals surface area contributed by atoms with Crippen LogP contribution in [0, 0.1) is 5.92 Å². The van der Waals surface area contributed by atoms with Crippen molar-refractivity contribution in [2.24, 2.45) is 5.92 Å². The van der Waals surface area contributed by atoms with Gasteiger partial charge in [0.2, 0.25) is 5.91 Å². The maximum absolute atomic E-state index is 12.1. The monoisotopic (exact) mass is 356 g/mol. The van der Waals surface area contributed by atoms with E-state index in [-0.39, 0.29) is 18.3 Å². The lowest BCUT2D eigenvalue weighted by atomic mass is 9.93. The van der Waals surface area contributed by atoms with E-state index in [1.165, 1.54) is 12.8 Å². The maximum atomic E-state index is 12.1. The summed E-state index contributed by atoms with van der Waals surface area (Å²) in [5.41, 5.74) is 0. The van der Waals surface area contributed by atoms with Crippen LogP contribution < -0.4 is 14.8 Å². The summed E-state index contributed by atoms with van der Waals surface area (Å²) in [7, 11) is 3.49. The highest BCUT2D eigenvalue weighted by Crippen LogP contribution is 2.18. The van der Waals surface area contributed by atoms with Crippen LogP contribution in [-0.4, -0.2) is 51.2 Å². The first kappa shape index (κ1) is 20.6. The van der Waals surface area contributed by atoms with Crippen LogP contribution in [0.25, 0.3) is 0 Å². The first-order valence-corrected chi connectivity index (χ1v) is 8.40. The smallest absolute Gasteiger partial charge is 0.222 e. The van der Waals surface area contributed by atoms with E-state index in [1.807, 2.05) is 31.3 Å². The summed E-state index contributed by atoms with van der Waals surface area (Å²) in [6.45, 7) is 3.29. The van der Waals surface area contributed by atoms with E-state index in [1.54, 1.807) is 12.0 Å². The lowest BCUT2D eigenvalue weighted by molar-refractivity contribution is -0.130. The van der Waals surface area contributed by atoms with Gasteiger partial charge < -0.3 is 19.7 Å². The van der Waals surface area contributed by atoms with Crippen molar-refractivity contribution in [2.45, 2.75) is 25.7 Å². The van der Waals surface area contributed by atoms with Crippen molar-refractivity contribution in [1.29, 1.82) is 0 Å². The molecular formula is C18H29ClN2O3. The van der Waals surface area contributed by atoms with Gasteiger partial charge in [-0.3, -0.25) is 4.79 Å². The van der Waals surface area contributed by atoms with E-state index in [0.717, 1.165) is 31.0 Å². The number of carbonyl (C=O) groups is 1. The average Bonchev–Trinajstić information content (AvgIpc) is 2.61. The third-order valence-corrected chi connectivity index (χ3v) is 4.41. The van der Waals surface area contributed by atoms with Crippen molar-refractivity contribution >= 4 is 18.3 Å². The number of halogens is 1. The molecular weight excluding hydrogens is 328 g/mol. The molecule has 6 heteroatoms. The fourth-order valence-corrected chi connectivity index (χ4v) is 2.79. The van der Waals surface area contributed by atoms with Gasteiger partial charge in [0, 0.05) is 13.5 Å². The Hall–Kier alpha value is -1.46. The van der Waals surface area contributed by atoms with E-state index in [9.17, 15) is 4.79 Å². The predicted molar refractivity (Wildman–Crippen MR) is 98.2 cm³/mol. The van der Waals surface area contributed by atoms with Gasteiger partial charge in [-0.25, -0.2) is 0 Å². The molecule has 0 aliphatic carbocycles. The summed E-state index contributed by atoms with van der Waals surface area (Å²) < 4.78 is 10.8. The van der Waals surface area contributed by atoms with Crippen LogP contribution in [0.5, 0.6) is 11.5 Å². The van der Waals surface area contributed by atoms with Crippen LogP contribution in [0.15, 0.2) is 24.3 Å². The molecule has 1 N–H and O–H groups in total. The van der Waals surface area contributed by atoms with E-state index in [2.05, 4.69) is 5.32 Å². The maximum Gasteiger partial charge on any atom is 0.222 e. The minimum absolute atomic E-state index is 0. The molecule has 1 aliphatic heterocycles. The number of piperidine rings is 1. The molecule has 1 amide bonds. The number of nitrogens with one attached hydrogen (secondary N) is 1. The highest BCUT2D eigenvalue weighted by Gasteiger charge is 2.16. The van der Waals surface area contributed by atoms with E-state index >= 15 is 0 Å². The number of hydrogen-bond acceptors (Lipinski definition) is 4. The number of amides is 1. The van der Waals surface area contributed by atoms with Crippen molar-refractivity contribution in [3.05, 3.63) is 24.3 Å². The molecule has 0 radical (unpaired) electrons. The average molecular weight is 357 g/mol. The standard InChI is InChI=1S/C18H28N2O3.ClH/c1-20(18(21)8-3-15-9-11-19-12-10-15)13-14-23-17-6-4-16(22-2)5-7-17;/h4-7,15,19H,3,8-14H2,1-2H3;1H. The quantitative estimate of drug-likeness (QED) is 0.778. The Bertz CT molecular complexity index is 476. The highest BCUT2D eigenvalue weighted by atomic mass is 35.5. The first-order valence-electron chi connectivity index (χ1n) is 8.40. The molecule has 0 saturated carbocycles. The fraction of sp³-hybridized carbons (Fsp3) is 0.611. The van der Waals surface area contributed by atoms with Crippen LogP contribution in [0.3, 0.4) is 0 Å². The van der Waals surface area contributed by atoms with Gasteiger partial charge in [-0.2, -0.15) is 0 Å².